The molecular weight excluding hydrogens is 799 g/mol. The lowest BCUT2D eigenvalue weighted by Crippen LogP contribution is -2.52. The van der Waals surface area contributed by atoms with E-state index in [1.807, 2.05) is 13.8 Å². The molecule has 18 heteroatoms. The van der Waals surface area contributed by atoms with Crippen LogP contribution in [0, 0.1) is 11.3 Å². The normalized spacial score (nSPS) is 17.9. The van der Waals surface area contributed by atoms with Gasteiger partial charge in [0.2, 0.25) is 5.56 Å². The molecule has 0 bridgehead atoms. The van der Waals surface area contributed by atoms with Crippen molar-refractivity contribution in [2.75, 3.05) is 16.8 Å². The molecule has 1 saturated heterocycles. The average Bonchev–Trinajstić information content (AvgIpc) is 3.57. The number of nitrogens with one attached hydrogen (secondary N) is 2. The number of anilines is 2. The van der Waals surface area contributed by atoms with E-state index in [0.717, 1.165) is 29.8 Å². The first-order chi connectivity index (χ1) is 27.4. The van der Waals surface area contributed by atoms with Gasteiger partial charge in [0.15, 0.2) is 11.7 Å². The summed E-state index contributed by atoms with van der Waals surface area (Å²) < 4.78 is 139. The second-order valence-corrected chi connectivity index (χ2v) is 15.0. The number of fused-ring (bicyclic) bond motifs is 1. The zero-order valence-electron chi connectivity index (χ0n) is 32.1. The smallest absolute Gasteiger partial charge is 0.417 e. The van der Waals surface area contributed by atoms with Crippen molar-refractivity contribution in [1.29, 1.82) is 5.26 Å². The predicted molar refractivity (Wildman–Crippen MR) is 200 cm³/mol. The number of aliphatic hydroxyl groups is 1. The number of hydrogen-bond donors (Lipinski definition) is 3. The topological polar surface area (TPSA) is 128 Å². The molecule has 3 N–H and O–H groups in total. The molecule has 0 radical (unpaired) electrons. The number of nitriles is 1. The van der Waals surface area contributed by atoms with Gasteiger partial charge in [0, 0.05) is 34.4 Å². The Labute approximate surface area is 332 Å². The van der Waals surface area contributed by atoms with E-state index in [0.29, 0.717) is 12.1 Å². The summed E-state index contributed by atoms with van der Waals surface area (Å²) in [5, 5.41) is 23.0. The summed E-state index contributed by atoms with van der Waals surface area (Å²) in [5.74, 6) is -0.891. The molecule has 4 atom stereocenters. The van der Waals surface area contributed by atoms with E-state index < -0.39 is 101 Å². The van der Waals surface area contributed by atoms with Gasteiger partial charge in [0.05, 0.1) is 34.9 Å². The number of alkyl halides is 9. The maximum atomic E-state index is 14.7. The minimum atomic E-state index is -5.01. The molecule has 4 aromatic rings. The summed E-state index contributed by atoms with van der Waals surface area (Å²) >= 11 is 0. The van der Waals surface area contributed by atoms with Gasteiger partial charge in [-0.15, -0.1) is 0 Å². The molecule has 1 unspecified atom stereocenters. The van der Waals surface area contributed by atoms with Gasteiger partial charge in [-0.2, -0.15) is 44.8 Å². The van der Waals surface area contributed by atoms with Crippen LogP contribution < -0.4 is 20.5 Å². The Bertz CT molecular complexity index is 2230. The van der Waals surface area contributed by atoms with Gasteiger partial charge >= 0.3 is 18.5 Å². The van der Waals surface area contributed by atoms with Crippen LogP contribution in [-0.4, -0.2) is 58.7 Å². The number of pyridine rings is 1. The fraction of sp³-hybridized carbons (Fsp3) is 0.439. The first-order valence-electron chi connectivity index (χ1n) is 18.5. The van der Waals surface area contributed by atoms with Crippen molar-refractivity contribution in [1.82, 2.24) is 4.98 Å². The van der Waals surface area contributed by atoms with E-state index in [1.54, 1.807) is 24.3 Å². The van der Waals surface area contributed by atoms with Gasteiger partial charge in [0.1, 0.15) is 12.4 Å². The quantitative estimate of drug-likeness (QED) is 0.115. The number of amides is 1. The maximum Gasteiger partial charge on any atom is 0.417 e. The third-order valence-corrected chi connectivity index (χ3v) is 10.1. The lowest BCUT2D eigenvalue weighted by Gasteiger charge is -2.39. The molecule has 59 heavy (non-hydrogen) atoms. The molecule has 3 aromatic carbocycles. The highest BCUT2D eigenvalue weighted by Crippen LogP contribution is 2.43. The highest BCUT2D eigenvalue weighted by atomic mass is 19.4. The van der Waals surface area contributed by atoms with Gasteiger partial charge in [0.25, 0.3) is 5.91 Å². The number of ether oxygens (including phenoxy) is 2. The molecule has 318 valence electrons. The third kappa shape index (κ3) is 10.5. The molecule has 1 aromatic heterocycles. The van der Waals surface area contributed by atoms with Crippen LogP contribution in [0.2, 0.25) is 0 Å². The number of benzene rings is 3. The number of H-pyrrole nitrogens is 1. The highest BCUT2D eigenvalue weighted by molar-refractivity contribution is 5.97. The van der Waals surface area contributed by atoms with E-state index >= 15 is 0 Å². The first-order valence-corrected chi connectivity index (χ1v) is 18.5. The zero-order valence-corrected chi connectivity index (χ0v) is 32.1. The van der Waals surface area contributed by atoms with E-state index in [2.05, 4.69) is 10.3 Å². The van der Waals surface area contributed by atoms with Crippen molar-refractivity contribution in [2.24, 2.45) is 0 Å². The van der Waals surface area contributed by atoms with E-state index in [-0.39, 0.29) is 42.1 Å². The van der Waals surface area contributed by atoms with Crippen LogP contribution >= 0.6 is 0 Å². The van der Waals surface area contributed by atoms with E-state index in [1.165, 1.54) is 30.9 Å². The summed E-state index contributed by atoms with van der Waals surface area (Å²) in [7, 11) is 0. The van der Waals surface area contributed by atoms with E-state index in [4.69, 9.17) is 9.47 Å². The predicted octanol–water partition coefficient (Wildman–Crippen LogP) is 9.48. The fourth-order valence-electron chi connectivity index (χ4n) is 7.22. The Hall–Kier alpha value is -5.28. The SMILES string of the molecule is CC(C)O[C@H]([C@H]1CC[C@H](CCC(O)(COc2ccc(C(C)C)cc2)C(=O)Nc2ccc(C#N)c(C(F)(F)F)c2)N1c1ccc2[nH]c(=O)cc(C(F)(F)F)c2c1)C(F)(F)F. The second kappa shape index (κ2) is 17.1. The summed E-state index contributed by atoms with van der Waals surface area (Å²) in [6.07, 6.45) is -19.4. The molecule has 0 spiro atoms. The molecule has 1 aliphatic heterocycles. The van der Waals surface area contributed by atoms with Gasteiger partial charge in [-0.3, -0.25) is 9.59 Å². The monoisotopic (exact) mass is 840 g/mol. The number of hydrogen-bond acceptors (Lipinski definition) is 7. The molecule has 2 heterocycles. The fourth-order valence-corrected chi connectivity index (χ4v) is 7.22. The number of carbonyl (C=O) groups is 1. The lowest BCUT2D eigenvalue weighted by molar-refractivity contribution is -0.235. The van der Waals surface area contributed by atoms with Crippen molar-refractivity contribution >= 4 is 28.2 Å². The molecule has 0 saturated carbocycles. The standard InChI is InChI=1S/C41H41F9N4O5/c1-22(2)24-6-11-29(12-7-24)58-21-38(57,37(56)52-26-8-5-25(20-51)31(17-26)39(42,43)44)16-15-27-10-14-34(36(41(48,49)50)59-23(3)4)54(27)28-9-13-33-30(18-28)32(40(45,46)47)19-35(55)53-33/h5-9,11-13,17-19,22-23,27,34,36,57H,10,14-16,21H2,1-4H3,(H,52,56)(H,53,55)/t27-,34-,36-,38?/m1/s1. The van der Waals surface area contributed by atoms with Gasteiger partial charge in [-0.25, -0.2) is 0 Å². The van der Waals surface area contributed by atoms with Crippen LogP contribution in [0.5, 0.6) is 5.75 Å². The number of rotatable bonds is 13. The van der Waals surface area contributed by atoms with Crippen LogP contribution in [-0.2, 0) is 21.9 Å². The number of nitrogens with zero attached hydrogens (tertiary/aromatic N) is 2. The Morgan fingerprint density at radius 3 is 2.15 bits per heavy atom. The minimum Gasteiger partial charge on any atom is -0.490 e. The van der Waals surface area contributed by atoms with Crippen LogP contribution in [0.1, 0.15) is 81.5 Å². The average molecular weight is 841 g/mol. The Kier molecular flexibility index (Phi) is 13.0. The van der Waals surface area contributed by atoms with Crippen LogP contribution in [0.3, 0.4) is 0 Å². The van der Waals surface area contributed by atoms with Gasteiger partial charge in [-0.05, 0) is 99.5 Å². The molecule has 0 aliphatic carbocycles. The third-order valence-electron chi connectivity index (χ3n) is 10.1. The van der Waals surface area contributed by atoms with Crippen molar-refractivity contribution in [3.8, 4) is 11.8 Å². The number of aromatic amines is 1. The van der Waals surface area contributed by atoms with Gasteiger partial charge < -0.3 is 29.8 Å². The minimum absolute atomic E-state index is 0.0196. The Balaban J connectivity index is 1.55. The highest BCUT2D eigenvalue weighted by Gasteiger charge is 2.52. The lowest BCUT2D eigenvalue weighted by atomic mass is 9.93. The molecular formula is C41H41F9N4O5. The number of halogens is 9. The summed E-state index contributed by atoms with van der Waals surface area (Å²) in [5.41, 5.74) is -6.84. The Morgan fingerprint density at radius 1 is 0.915 bits per heavy atom. The summed E-state index contributed by atoms with van der Waals surface area (Å²) in [6, 6.07) is 11.7. The largest absolute Gasteiger partial charge is 0.490 e. The zero-order chi connectivity index (χ0) is 43.7. The van der Waals surface area contributed by atoms with Crippen molar-refractivity contribution in [3.05, 3.63) is 99.3 Å². The number of carbonyl (C=O) groups excluding carboxylic acids is 1. The van der Waals surface area contributed by atoms with Crippen molar-refractivity contribution in [2.45, 2.75) is 108 Å². The molecule has 5 rings (SSSR count). The van der Waals surface area contributed by atoms with Crippen LogP contribution in [0.15, 0.2) is 71.5 Å². The molecule has 1 amide bonds. The molecule has 1 fully saturated rings. The molecule has 9 nitrogen and oxygen atoms in total. The van der Waals surface area contributed by atoms with Gasteiger partial charge in [-0.1, -0.05) is 26.0 Å². The second-order valence-electron chi connectivity index (χ2n) is 15.0. The van der Waals surface area contributed by atoms with Crippen molar-refractivity contribution in [3.63, 3.8) is 0 Å². The maximum absolute atomic E-state index is 14.7. The van der Waals surface area contributed by atoms with Crippen LogP contribution in [0.25, 0.3) is 10.9 Å². The molecule has 1 aliphatic rings. The van der Waals surface area contributed by atoms with Crippen LogP contribution in [0.4, 0.5) is 50.9 Å². The summed E-state index contributed by atoms with van der Waals surface area (Å²) in [4.78, 5) is 29.5. The first kappa shape index (κ1) is 44.8. The number of aromatic nitrogens is 1. The van der Waals surface area contributed by atoms with Crippen molar-refractivity contribution < 1.29 is 58.9 Å². The van der Waals surface area contributed by atoms with E-state index in [9.17, 15) is 59.5 Å². The Morgan fingerprint density at radius 2 is 1.58 bits per heavy atom. The summed E-state index contributed by atoms with van der Waals surface area (Å²) in [6.45, 7) is 5.89.